The molecule has 4 atom stereocenters. The Morgan fingerprint density at radius 1 is 0.667 bits per heavy atom. The molecule has 54 heavy (non-hydrogen) atoms. The summed E-state index contributed by atoms with van der Waals surface area (Å²) in [5.41, 5.74) is 4.03. The SMILES string of the molecule is O=C1COc2ccc(cc2)C[C@@H](C(=O)O)NC(=O)[C@H](Cc2cccs2)NC(=O)[C@@H](Cc2ccc(-c3ccccc3)cc2)NC(=O)[C@H](Cc2ccncc2)N1. The Morgan fingerprint density at radius 2 is 1.26 bits per heavy atom. The molecule has 0 aliphatic carbocycles. The van der Waals surface area contributed by atoms with Gasteiger partial charge < -0.3 is 31.1 Å². The predicted molar refractivity (Wildman–Crippen MR) is 203 cm³/mol. The summed E-state index contributed by atoms with van der Waals surface area (Å²) < 4.78 is 5.68. The number of carboxylic acids is 1. The number of nitrogens with one attached hydrogen (secondary N) is 4. The van der Waals surface area contributed by atoms with Crippen LogP contribution in [-0.4, -0.2) is 70.5 Å². The summed E-state index contributed by atoms with van der Waals surface area (Å²) >= 11 is 1.39. The highest BCUT2D eigenvalue weighted by molar-refractivity contribution is 7.09. The summed E-state index contributed by atoms with van der Waals surface area (Å²) in [6.07, 6.45) is 3.33. The van der Waals surface area contributed by atoms with Gasteiger partial charge in [-0.15, -0.1) is 11.3 Å². The molecule has 5 aromatic rings. The Morgan fingerprint density at radius 3 is 1.89 bits per heavy atom. The third-order valence-electron chi connectivity index (χ3n) is 8.94. The Hall–Kier alpha value is -6.34. The van der Waals surface area contributed by atoms with Crippen molar-refractivity contribution in [2.75, 3.05) is 6.61 Å². The summed E-state index contributed by atoms with van der Waals surface area (Å²) in [7, 11) is 0. The van der Waals surface area contributed by atoms with Gasteiger partial charge in [-0.1, -0.05) is 72.8 Å². The highest BCUT2D eigenvalue weighted by Crippen LogP contribution is 2.21. The van der Waals surface area contributed by atoms with Crippen LogP contribution >= 0.6 is 11.3 Å². The molecule has 12 nitrogen and oxygen atoms in total. The van der Waals surface area contributed by atoms with Crippen LogP contribution in [0, 0.1) is 0 Å². The molecule has 0 fully saturated rings. The van der Waals surface area contributed by atoms with Gasteiger partial charge in [0.15, 0.2) is 6.61 Å². The second-order valence-electron chi connectivity index (χ2n) is 12.9. The molecule has 4 heterocycles. The van der Waals surface area contributed by atoms with Crippen LogP contribution < -0.4 is 26.0 Å². The first-order valence-corrected chi connectivity index (χ1v) is 18.3. The number of amides is 4. The Bertz CT molecular complexity index is 2040. The average Bonchev–Trinajstić information content (AvgIpc) is 3.70. The maximum Gasteiger partial charge on any atom is 0.326 e. The number of hydrogen-bond donors (Lipinski definition) is 5. The maximum absolute atomic E-state index is 14.3. The monoisotopic (exact) mass is 745 g/mol. The highest BCUT2D eigenvalue weighted by Gasteiger charge is 2.32. The molecule has 5 N–H and O–H groups in total. The fraction of sp³-hybridized carbons (Fsp3) is 0.220. The number of benzene rings is 3. The smallest absolute Gasteiger partial charge is 0.326 e. The second kappa shape index (κ2) is 17.9. The normalized spacial score (nSPS) is 19.9. The van der Waals surface area contributed by atoms with Crippen LogP contribution in [0.1, 0.15) is 21.6 Å². The van der Waals surface area contributed by atoms with Gasteiger partial charge in [-0.2, -0.15) is 0 Å². The van der Waals surface area contributed by atoms with E-state index in [0.717, 1.165) is 27.1 Å². The van der Waals surface area contributed by atoms with Crippen molar-refractivity contribution in [1.82, 2.24) is 26.3 Å². The van der Waals surface area contributed by atoms with E-state index in [0.29, 0.717) is 11.3 Å². The summed E-state index contributed by atoms with van der Waals surface area (Å²) in [5.74, 6) is -3.46. The number of nitrogens with zero attached hydrogens (tertiary/aromatic N) is 1. The van der Waals surface area contributed by atoms with Crippen molar-refractivity contribution in [2.24, 2.45) is 0 Å². The number of fused-ring (bicyclic) bond motifs is 16. The molecule has 0 radical (unpaired) electrons. The van der Waals surface area contributed by atoms with E-state index >= 15 is 0 Å². The molecule has 0 saturated carbocycles. The number of carboxylic acid groups (broad SMARTS) is 1. The van der Waals surface area contributed by atoms with Crippen LogP contribution in [0.3, 0.4) is 0 Å². The fourth-order valence-electron chi connectivity index (χ4n) is 6.07. The van der Waals surface area contributed by atoms with Gasteiger partial charge in [-0.05, 0) is 63.5 Å². The summed E-state index contributed by atoms with van der Waals surface area (Å²) in [6, 6.07) is 26.1. The van der Waals surface area contributed by atoms with E-state index < -0.39 is 60.4 Å². The first-order valence-electron chi connectivity index (χ1n) is 17.4. The van der Waals surface area contributed by atoms with Gasteiger partial charge in [0.1, 0.15) is 29.9 Å². The summed E-state index contributed by atoms with van der Waals surface area (Å²) in [5, 5.41) is 22.9. The van der Waals surface area contributed by atoms with Gasteiger partial charge in [-0.3, -0.25) is 24.2 Å². The number of carbonyl (C=O) groups is 5. The van der Waals surface area contributed by atoms with Gasteiger partial charge in [0.05, 0.1) is 0 Å². The third kappa shape index (κ3) is 10.4. The van der Waals surface area contributed by atoms with Crippen molar-refractivity contribution in [1.29, 1.82) is 0 Å². The zero-order valence-electron chi connectivity index (χ0n) is 29.1. The minimum Gasteiger partial charge on any atom is -0.484 e. The van der Waals surface area contributed by atoms with E-state index in [1.54, 1.807) is 48.8 Å². The van der Waals surface area contributed by atoms with Crippen molar-refractivity contribution in [3.63, 3.8) is 0 Å². The van der Waals surface area contributed by atoms with Gasteiger partial charge in [0.25, 0.3) is 5.91 Å². The minimum atomic E-state index is -1.31. The minimum absolute atomic E-state index is 0.0458. The Balaban J connectivity index is 1.34. The van der Waals surface area contributed by atoms with E-state index in [-0.39, 0.29) is 25.7 Å². The van der Waals surface area contributed by atoms with Gasteiger partial charge in [0.2, 0.25) is 17.7 Å². The van der Waals surface area contributed by atoms with E-state index in [9.17, 15) is 29.1 Å². The molecule has 0 unspecified atom stereocenters. The summed E-state index contributed by atoms with van der Waals surface area (Å²) in [6.45, 7) is -0.407. The van der Waals surface area contributed by atoms with E-state index in [1.807, 2.05) is 72.1 Å². The molecule has 2 aliphatic heterocycles. The number of thiophene rings is 1. The van der Waals surface area contributed by atoms with Crippen molar-refractivity contribution >= 4 is 40.9 Å². The molecule has 2 aliphatic rings. The average molecular weight is 746 g/mol. The maximum atomic E-state index is 14.3. The molecule has 0 spiro atoms. The van der Waals surface area contributed by atoms with Gasteiger partial charge in [-0.25, -0.2) is 4.79 Å². The first kappa shape index (κ1) is 37.4. The number of aromatic nitrogens is 1. The van der Waals surface area contributed by atoms with Gasteiger partial charge in [0, 0.05) is 43.0 Å². The Labute approximate surface area is 316 Å². The number of aliphatic carboxylic acids is 1. The molecule has 276 valence electrons. The molecule has 3 aromatic carbocycles. The third-order valence-corrected chi connectivity index (χ3v) is 9.84. The largest absolute Gasteiger partial charge is 0.484 e. The van der Waals surface area contributed by atoms with Crippen LogP contribution in [-0.2, 0) is 49.7 Å². The van der Waals surface area contributed by atoms with Crippen LogP contribution in [0.2, 0.25) is 0 Å². The number of carbonyl (C=O) groups excluding carboxylic acids is 4. The van der Waals surface area contributed by atoms with E-state index in [1.165, 1.54) is 11.3 Å². The predicted octanol–water partition coefficient (Wildman–Crippen LogP) is 3.50. The number of hydrogen-bond acceptors (Lipinski definition) is 8. The van der Waals surface area contributed by atoms with Crippen molar-refractivity contribution in [3.8, 4) is 16.9 Å². The molecule has 0 saturated heterocycles. The van der Waals surface area contributed by atoms with Crippen LogP contribution in [0.25, 0.3) is 11.1 Å². The Kier molecular flexibility index (Phi) is 12.4. The molecule has 2 bridgehead atoms. The topological polar surface area (TPSA) is 176 Å². The van der Waals surface area contributed by atoms with Crippen LogP contribution in [0.5, 0.6) is 5.75 Å². The molecule has 2 aromatic heterocycles. The lowest BCUT2D eigenvalue weighted by Crippen LogP contribution is -2.59. The zero-order valence-corrected chi connectivity index (χ0v) is 30.0. The standard InChI is InChI=1S/C41H39N5O7S/c47-37-25-53-31-14-10-27(11-15-31)23-36(41(51)52)46-40(50)35(24-32-7-4-20-54-32)45-39(49)34(44-38(48)33(43-37)22-28-16-18-42-19-17-28)21-26-8-12-30(13-9-26)29-5-2-1-3-6-29/h1-20,33-36H,21-25H2,(H,43,47)(H,44,48)(H,45,49)(H,46,50)(H,51,52)/t33-,34+,35-,36-/m0/s1. The lowest BCUT2D eigenvalue weighted by Gasteiger charge is -2.26. The van der Waals surface area contributed by atoms with Gasteiger partial charge >= 0.3 is 5.97 Å². The highest BCUT2D eigenvalue weighted by atomic mass is 32.1. The van der Waals surface area contributed by atoms with Crippen LogP contribution in [0.4, 0.5) is 0 Å². The molecular formula is C41H39N5O7S. The lowest BCUT2D eigenvalue weighted by molar-refractivity contribution is -0.142. The number of pyridine rings is 1. The zero-order chi connectivity index (χ0) is 37.9. The first-order chi connectivity index (χ1) is 26.2. The second-order valence-corrected chi connectivity index (χ2v) is 13.9. The molecule has 13 heteroatoms. The number of rotatable bonds is 8. The number of ether oxygens (including phenoxy) is 1. The molecule has 7 rings (SSSR count). The summed E-state index contributed by atoms with van der Waals surface area (Å²) in [4.78, 5) is 72.6. The van der Waals surface area contributed by atoms with Crippen molar-refractivity contribution in [2.45, 2.75) is 49.9 Å². The lowest BCUT2D eigenvalue weighted by atomic mass is 9.99. The molecule has 4 amide bonds. The van der Waals surface area contributed by atoms with E-state index in [2.05, 4.69) is 26.3 Å². The quantitative estimate of drug-likeness (QED) is 0.150. The molecular weight excluding hydrogens is 707 g/mol. The fourth-order valence-corrected chi connectivity index (χ4v) is 6.82. The van der Waals surface area contributed by atoms with Crippen LogP contribution in [0.15, 0.2) is 121 Å². The van der Waals surface area contributed by atoms with E-state index in [4.69, 9.17) is 4.74 Å². The van der Waals surface area contributed by atoms with Crippen molar-refractivity contribution < 1.29 is 33.8 Å². The van der Waals surface area contributed by atoms with Crippen molar-refractivity contribution in [3.05, 3.63) is 142 Å².